The van der Waals surface area contributed by atoms with Gasteiger partial charge in [0.05, 0.1) is 74.0 Å². The highest BCUT2D eigenvalue weighted by molar-refractivity contribution is 9.10. The van der Waals surface area contributed by atoms with Crippen LogP contribution >= 0.6 is 15.9 Å². The van der Waals surface area contributed by atoms with Crippen LogP contribution in [0, 0.1) is 41.5 Å². The van der Waals surface area contributed by atoms with E-state index in [9.17, 15) is 45.7 Å². The summed E-state index contributed by atoms with van der Waals surface area (Å²) in [4.78, 5) is 26.5. The van der Waals surface area contributed by atoms with Crippen molar-refractivity contribution >= 4 is 88.1 Å². The number of aryl methyl sites for hydroxylation is 6. The van der Waals surface area contributed by atoms with Crippen molar-refractivity contribution in [3.63, 3.8) is 0 Å². The Bertz CT molecular complexity index is 5180. The first-order valence-electron chi connectivity index (χ1n) is 41.9. The van der Waals surface area contributed by atoms with Gasteiger partial charge in [-0.05, 0) is 175 Å². The Hall–Kier alpha value is -7.98. The highest BCUT2D eigenvalue weighted by Gasteiger charge is 2.47. The fourth-order valence-electron chi connectivity index (χ4n) is 13.7. The summed E-state index contributed by atoms with van der Waals surface area (Å²) < 4.78 is 128. The molecule has 0 saturated heterocycles. The van der Waals surface area contributed by atoms with E-state index < -0.39 is 120 Å². The van der Waals surface area contributed by atoms with Crippen LogP contribution in [0.5, 0.6) is 11.5 Å². The lowest BCUT2D eigenvalue weighted by molar-refractivity contribution is 0.00119. The fourth-order valence-corrected chi connectivity index (χ4v) is 22.1. The van der Waals surface area contributed by atoms with E-state index in [1.165, 1.54) is 17.5 Å². The highest BCUT2D eigenvalue weighted by atomic mass is 79.9. The Morgan fingerprint density at radius 3 is 1.01 bits per heavy atom. The van der Waals surface area contributed by atoms with E-state index in [4.69, 9.17) is 23.7 Å². The standard InChI is InChI=1S/C28H43BrN6O5SSi.2C28H42N6O5SSi/c1-18(2)40-25(26-30-14-20(4)15-31-26)21(5)41(38,39)34(11-12-42(6,7)8)28-33-32-27(35(28)22(16-36)17-37)23-13-19(3)9-10-24(23)29;2*1-18(2)39-25(26-29-14-20(4)15-30-26)21(5)40(36,37)33(11-12-41(6,7)8)28-32-31-27-23-13-19(3)9-10-24(23)38-17-22(16-35)34(27)28/h9-10,13-15,18,21-22,25,36-37H,11-12,16-17H2,1-8H3;2*9-10,13-15,18,21-22,25,35H,11-12,16-17H2,1-8H3/t21-,25+;21-,22+,25+;21-,22-,25+/m000/s1. The van der Waals surface area contributed by atoms with Gasteiger partial charge in [-0.1, -0.05) is 110 Å². The normalized spacial score (nSPS) is 15.9. The Kier molecular flexibility index (Phi) is 33.7. The van der Waals surface area contributed by atoms with Crippen LogP contribution in [0.25, 0.3) is 34.2 Å². The predicted molar refractivity (Wildman–Crippen MR) is 494 cm³/mol. The molecule has 0 radical (unpaired) electrons. The van der Waals surface area contributed by atoms with Crippen molar-refractivity contribution in [3.8, 4) is 45.7 Å². The number of anilines is 3. The third-order valence-corrected chi connectivity index (χ3v) is 33.1. The molecule has 0 amide bonds. The molecule has 8 atom stereocenters. The van der Waals surface area contributed by atoms with Crippen LogP contribution in [-0.2, 0) is 44.3 Å². The average Bonchev–Trinajstić information content (AvgIpc) is 1.56. The molecule has 2 aliphatic heterocycles. The summed E-state index contributed by atoms with van der Waals surface area (Å²) in [6.07, 6.45) is 6.29. The number of aromatic nitrogens is 15. The van der Waals surface area contributed by atoms with E-state index in [1.54, 1.807) is 67.1 Å². The first kappa shape index (κ1) is 99.8. The molecule has 124 heavy (non-hydrogen) atoms. The van der Waals surface area contributed by atoms with Crippen molar-refractivity contribution in [2.24, 2.45) is 0 Å². The molecule has 0 aliphatic carbocycles. The Balaban J connectivity index is 0.000000211. The Labute approximate surface area is 743 Å². The summed E-state index contributed by atoms with van der Waals surface area (Å²) in [5.41, 5.74) is 7.57. The number of halogens is 1. The summed E-state index contributed by atoms with van der Waals surface area (Å²) in [7, 11) is -17.6. The summed E-state index contributed by atoms with van der Waals surface area (Å²) in [6, 6.07) is 17.1. The summed E-state index contributed by atoms with van der Waals surface area (Å²) >= 11 is 3.57. The molecule has 40 heteroatoms. The van der Waals surface area contributed by atoms with Crippen LogP contribution in [0.15, 0.2) is 96.3 Å². The van der Waals surface area contributed by atoms with Crippen molar-refractivity contribution in [1.29, 1.82) is 0 Å². The second kappa shape index (κ2) is 41.9. The number of sulfonamides is 3. The number of fused-ring (bicyclic) bond motifs is 6. The molecule has 4 N–H and O–H groups in total. The summed E-state index contributed by atoms with van der Waals surface area (Å²) in [6.45, 7) is 46.4. The van der Waals surface area contributed by atoms with Crippen molar-refractivity contribution in [2.45, 2.75) is 251 Å². The third-order valence-electron chi connectivity index (χ3n) is 20.8. The lowest BCUT2D eigenvalue weighted by Gasteiger charge is -2.33. The molecule has 680 valence electrons. The van der Waals surface area contributed by atoms with Gasteiger partial charge in [0, 0.05) is 91.1 Å². The first-order valence-corrected chi connectivity index (χ1v) is 58.4. The summed E-state index contributed by atoms with van der Waals surface area (Å²) in [5.74, 6) is 3.64. The number of ether oxygens (including phenoxy) is 5. The largest absolute Gasteiger partial charge is 0.491 e. The van der Waals surface area contributed by atoms with Crippen molar-refractivity contribution in [3.05, 3.63) is 147 Å². The molecule has 33 nitrogen and oxygen atoms in total. The minimum absolute atomic E-state index is 0.0183. The molecule has 11 rings (SSSR count). The van der Waals surface area contributed by atoms with Gasteiger partial charge < -0.3 is 44.1 Å². The van der Waals surface area contributed by atoms with E-state index in [0.717, 1.165) is 37.9 Å². The minimum atomic E-state index is -4.19. The molecule has 0 bridgehead atoms. The molecule has 6 aromatic heterocycles. The van der Waals surface area contributed by atoms with Gasteiger partial charge in [0.2, 0.25) is 47.9 Å². The maximum atomic E-state index is 14.6. The summed E-state index contributed by atoms with van der Waals surface area (Å²) in [5, 5.41) is 64.8. The molecule has 8 heterocycles. The monoisotopic (exact) mass is 1890 g/mol. The van der Waals surface area contributed by atoms with E-state index in [1.807, 2.05) is 138 Å². The molecule has 0 spiro atoms. The van der Waals surface area contributed by atoms with Gasteiger partial charge in [-0.25, -0.2) is 68.1 Å². The van der Waals surface area contributed by atoms with E-state index in [0.29, 0.717) is 75.4 Å². The maximum Gasteiger partial charge on any atom is 0.243 e. The topological polar surface area (TPSA) is 409 Å². The van der Waals surface area contributed by atoms with Gasteiger partial charge in [0.25, 0.3) is 0 Å². The van der Waals surface area contributed by atoms with E-state index in [-0.39, 0.29) is 88.0 Å². The van der Waals surface area contributed by atoms with Crippen LogP contribution < -0.4 is 22.4 Å². The lowest BCUT2D eigenvalue weighted by Crippen LogP contribution is -2.45. The van der Waals surface area contributed by atoms with Gasteiger partial charge >= 0.3 is 0 Å². The zero-order valence-corrected chi connectivity index (χ0v) is 83.0. The predicted octanol–water partition coefficient (Wildman–Crippen LogP) is 13.3. The van der Waals surface area contributed by atoms with Gasteiger partial charge in [-0.2, -0.15) is 0 Å². The first-order chi connectivity index (χ1) is 58.0. The maximum absolute atomic E-state index is 14.6. The van der Waals surface area contributed by atoms with Crippen LogP contribution in [0.3, 0.4) is 0 Å². The number of rotatable bonds is 36. The molecule has 3 aromatic carbocycles. The molecule has 0 fully saturated rings. The molecule has 9 aromatic rings. The quantitative estimate of drug-likeness (QED) is 0.0265. The number of benzene rings is 3. The number of hydrogen-bond acceptors (Lipinski definition) is 27. The zero-order valence-electron chi connectivity index (χ0n) is 76.0. The molecule has 0 saturated carbocycles. The lowest BCUT2D eigenvalue weighted by atomic mass is 10.1. The zero-order chi connectivity index (χ0) is 91.6. The van der Waals surface area contributed by atoms with Crippen molar-refractivity contribution < 1.29 is 69.4 Å². The molecule has 0 unspecified atom stereocenters. The van der Waals surface area contributed by atoms with Crippen LogP contribution in [-0.4, -0.2) is 237 Å². The average molecular weight is 1890 g/mol. The van der Waals surface area contributed by atoms with Crippen LogP contribution in [0.2, 0.25) is 77.1 Å². The van der Waals surface area contributed by atoms with Gasteiger partial charge in [0.1, 0.15) is 58.8 Å². The Morgan fingerprint density at radius 2 is 0.710 bits per heavy atom. The SMILES string of the molecule is Cc1cnc([C@H](OC(C)C)[C@H](C)S(=O)(=O)N(CC[Si](C)(C)C)c2nnc(-c3cc(C)ccc3Br)n2C(CO)CO)nc1.Cc1cnc([C@H](OC(C)C)[C@H](C)S(=O)(=O)N(CC[Si](C)(C)C)c2nnc3n2[C@@H](CO)COc2ccc(C)cc2-3)nc1.Cc1cnc([C@H](OC(C)C)[C@H](C)S(=O)(=O)N(CC[Si](C)(C)C)c2nnc3n2[C@H](CO)COc2ccc(C)cc2-3)nc1. The third kappa shape index (κ3) is 24.5. The van der Waals surface area contributed by atoms with Gasteiger partial charge in [-0.15, -0.1) is 30.6 Å². The van der Waals surface area contributed by atoms with E-state index in [2.05, 4.69) is 135 Å². The van der Waals surface area contributed by atoms with Crippen molar-refractivity contribution in [1.82, 2.24) is 74.2 Å². The second-order valence-corrected chi connectivity index (χ2v) is 60.8. The highest BCUT2D eigenvalue weighted by Crippen LogP contribution is 2.44. The molecular weight excluding hydrogens is 1760 g/mol. The van der Waals surface area contributed by atoms with E-state index >= 15 is 0 Å². The number of nitrogens with zero attached hydrogens (tertiary/aromatic N) is 18. The molecular formula is C84H127BrN18O15S3Si3. The van der Waals surface area contributed by atoms with Crippen molar-refractivity contribution in [2.75, 3.05) is 72.2 Å². The number of aliphatic hydroxyl groups is 4. The van der Waals surface area contributed by atoms with Crippen LogP contribution in [0.1, 0.15) is 150 Å². The number of hydrogen-bond donors (Lipinski definition) is 4. The Morgan fingerprint density at radius 1 is 0.419 bits per heavy atom. The smallest absolute Gasteiger partial charge is 0.243 e. The van der Waals surface area contributed by atoms with Gasteiger partial charge in [0.15, 0.2) is 34.9 Å². The van der Waals surface area contributed by atoms with Gasteiger partial charge in [-0.3, -0.25) is 13.7 Å². The van der Waals surface area contributed by atoms with Crippen LogP contribution in [0.4, 0.5) is 17.8 Å². The second-order valence-electron chi connectivity index (χ2n) is 36.4. The molecule has 2 aliphatic rings. The minimum Gasteiger partial charge on any atom is -0.491 e. The fraction of sp³-hybridized carbons (Fsp3) is 0.571. The number of aliphatic hydroxyl groups excluding tert-OH is 4.